The molecule has 0 spiro atoms. The van der Waals surface area contributed by atoms with Crippen LogP contribution in [0.3, 0.4) is 0 Å². The van der Waals surface area contributed by atoms with E-state index < -0.39 is 13.3 Å². The molecule has 0 saturated carbocycles. The Balaban J connectivity index is 3.12. The Hall–Kier alpha value is -0.960. The highest BCUT2D eigenvalue weighted by atomic mass is 31.2. The molecule has 17 heavy (non-hydrogen) atoms. The number of carbonyl (C=O) groups is 1. The highest BCUT2D eigenvalue weighted by Crippen LogP contribution is 2.61. The standard InChI is InChI=1S/C12H17O4P/c1-10(13)9-12(17(14,15-2)16-3)11-7-5-4-6-8-11/h4-8,12H,9H2,1-3H3. The first-order valence-electron chi connectivity index (χ1n) is 5.29. The molecule has 0 fully saturated rings. The second-order valence-electron chi connectivity index (χ2n) is 3.74. The van der Waals surface area contributed by atoms with Crippen molar-refractivity contribution in [2.24, 2.45) is 0 Å². The van der Waals surface area contributed by atoms with E-state index >= 15 is 0 Å². The number of hydrogen-bond donors (Lipinski definition) is 0. The second kappa shape index (κ2) is 6.10. The van der Waals surface area contributed by atoms with Gasteiger partial charge in [0.1, 0.15) is 5.78 Å². The largest absolute Gasteiger partial charge is 0.337 e. The van der Waals surface area contributed by atoms with Crippen LogP contribution in [0.2, 0.25) is 0 Å². The van der Waals surface area contributed by atoms with Gasteiger partial charge in [-0.3, -0.25) is 9.36 Å². The SMILES string of the molecule is COP(=O)(OC)C(CC(C)=O)c1ccccc1. The maximum Gasteiger partial charge on any atom is 0.337 e. The lowest BCUT2D eigenvalue weighted by Gasteiger charge is -2.23. The third-order valence-corrected chi connectivity index (χ3v) is 4.82. The molecule has 94 valence electrons. The highest BCUT2D eigenvalue weighted by Gasteiger charge is 2.35. The van der Waals surface area contributed by atoms with E-state index in [1.165, 1.54) is 21.1 Å². The van der Waals surface area contributed by atoms with E-state index in [1.54, 1.807) is 0 Å². The topological polar surface area (TPSA) is 52.6 Å². The highest BCUT2D eigenvalue weighted by molar-refractivity contribution is 7.54. The van der Waals surface area contributed by atoms with E-state index in [1.807, 2.05) is 30.3 Å². The molecular formula is C12H17O4P. The summed E-state index contributed by atoms with van der Waals surface area (Å²) in [7, 11) is -0.621. The zero-order chi connectivity index (χ0) is 12.9. The van der Waals surface area contributed by atoms with Crippen molar-refractivity contribution in [3.05, 3.63) is 35.9 Å². The summed E-state index contributed by atoms with van der Waals surface area (Å²) in [5.74, 6) is -0.0480. The maximum atomic E-state index is 12.4. The van der Waals surface area contributed by atoms with Crippen LogP contribution in [0, 0.1) is 0 Å². The van der Waals surface area contributed by atoms with Crippen molar-refractivity contribution in [1.82, 2.24) is 0 Å². The molecule has 0 heterocycles. The van der Waals surface area contributed by atoms with Crippen molar-refractivity contribution in [2.45, 2.75) is 19.0 Å². The van der Waals surface area contributed by atoms with Crippen LogP contribution >= 0.6 is 7.60 Å². The zero-order valence-corrected chi connectivity index (χ0v) is 11.1. The third-order valence-electron chi connectivity index (χ3n) is 2.56. The molecule has 1 unspecified atom stereocenters. The van der Waals surface area contributed by atoms with Gasteiger partial charge >= 0.3 is 7.60 Å². The fourth-order valence-corrected chi connectivity index (χ4v) is 3.36. The van der Waals surface area contributed by atoms with Crippen molar-refractivity contribution in [2.75, 3.05) is 14.2 Å². The lowest BCUT2D eigenvalue weighted by Crippen LogP contribution is -2.08. The predicted octanol–water partition coefficient (Wildman–Crippen LogP) is 3.19. The van der Waals surface area contributed by atoms with Crippen LogP contribution in [-0.4, -0.2) is 20.0 Å². The molecule has 1 atom stereocenters. The number of ketones is 1. The summed E-state index contributed by atoms with van der Waals surface area (Å²) in [5.41, 5.74) is 0.242. The average Bonchev–Trinajstić information content (AvgIpc) is 2.36. The molecule has 4 nitrogen and oxygen atoms in total. The van der Waals surface area contributed by atoms with Gasteiger partial charge in [0.05, 0.1) is 5.66 Å². The van der Waals surface area contributed by atoms with Crippen LogP contribution in [0.1, 0.15) is 24.6 Å². The molecule has 5 heteroatoms. The van der Waals surface area contributed by atoms with Crippen molar-refractivity contribution in [3.63, 3.8) is 0 Å². The average molecular weight is 256 g/mol. The maximum absolute atomic E-state index is 12.4. The van der Waals surface area contributed by atoms with Gasteiger partial charge in [-0.2, -0.15) is 0 Å². The van der Waals surface area contributed by atoms with Crippen LogP contribution < -0.4 is 0 Å². The van der Waals surface area contributed by atoms with Crippen molar-refractivity contribution in [3.8, 4) is 0 Å². The van der Waals surface area contributed by atoms with Gasteiger partial charge in [0.2, 0.25) is 0 Å². The number of carbonyl (C=O) groups excluding carboxylic acids is 1. The first-order valence-corrected chi connectivity index (χ1v) is 6.90. The van der Waals surface area contributed by atoms with Gasteiger partial charge < -0.3 is 9.05 Å². The molecule has 1 aromatic carbocycles. The van der Waals surface area contributed by atoms with Crippen LogP contribution in [0.25, 0.3) is 0 Å². The van der Waals surface area contributed by atoms with Gasteiger partial charge in [-0.15, -0.1) is 0 Å². The van der Waals surface area contributed by atoms with Gasteiger partial charge in [0.15, 0.2) is 0 Å². The molecule has 0 aliphatic rings. The van der Waals surface area contributed by atoms with E-state index in [9.17, 15) is 9.36 Å². The monoisotopic (exact) mass is 256 g/mol. The van der Waals surface area contributed by atoms with Gasteiger partial charge in [-0.05, 0) is 12.5 Å². The molecule has 0 amide bonds. The van der Waals surface area contributed by atoms with Gasteiger partial charge in [-0.25, -0.2) is 0 Å². The second-order valence-corrected chi connectivity index (χ2v) is 6.17. The summed E-state index contributed by atoms with van der Waals surface area (Å²) in [6.45, 7) is 1.46. The smallest absolute Gasteiger partial charge is 0.312 e. The minimum absolute atomic E-state index is 0.0480. The van der Waals surface area contributed by atoms with E-state index in [-0.39, 0.29) is 12.2 Å². The summed E-state index contributed by atoms with van der Waals surface area (Å²) in [4.78, 5) is 11.3. The summed E-state index contributed by atoms with van der Waals surface area (Å²) in [6.07, 6.45) is 0.142. The Kier molecular flexibility index (Phi) is 5.06. The first kappa shape index (κ1) is 14.1. The minimum Gasteiger partial charge on any atom is -0.312 e. The van der Waals surface area contributed by atoms with Crippen LogP contribution in [-0.2, 0) is 18.4 Å². The minimum atomic E-state index is -3.29. The molecule has 0 radical (unpaired) electrons. The Morgan fingerprint density at radius 1 is 1.24 bits per heavy atom. The molecule has 0 aromatic heterocycles. The number of benzene rings is 1. The normalized spacial score (nSPS) is 13.4. The Bertz CT molecular complexity index is 408. The molecule has 0 bridgehead atoms. The molecule has 0 aliphatic carbocycles. The van der Waals surface area contributed by atoms with Crippen LogP contribution in [0.5, 0.6) is 0 Å². The lowest BCUT2D eigenvalue weighted by molar-refractivity contribution is -0.117. The summed E-state index contributed by atoms with van der Waals surface area (Å²) in [6, 6.07) is 9.16. The number of hydrogen-bond acceptors (Lipinski definition) is 4. The number of Topliss-reactive ketones (excluding diaryl/α,β-unsaturated/α-hetero) is 1. The predicted molar refractivity (Wildman–Crippen MR) is 66.1 cm³/mol. The summed E-state index contributed by atoms with van der Waals surface area (Å²) in [5, 5.41) is 0. The number of rotatable bonds is 6. The van der Waals surface area contributed by atoms with Crippen LogP contribution in [0.4, 0.5) is 0 Å². The van der Waals surface area contributed by atoms with E-state index in [0.29, 0.717) is 0 Å². The summed E-state index contributed by atoms with van der Waals surface area (Å²) >= 11 is 0. The van der Waals surface area contributed by atoms with Crippen molar-refractivity contribution < 1.29 is 18.4 Å². The molecule has 1 rings (SSSR count). The first-order chi connectivity index (χ1) is 8.03. The Labute approximate surface area is 101 Å². The molecule has 0 saturated heterocycles. The van der Waals surface area contributed by atoms with Crippen molar-refractivity contribution >= 4 is 13.4 Å². The quantitative estimate of drug-likeness (QED) is 0.733. The Morgan fingerprint density at radius 2 is 1.76 bits per heavy atom. The molecule has 1 aromatic rings. The molecule has 0 N–H and O–H groups in total. The fraction of sp³-hybridized carbons (Fsp3) is 0.417. The fourth-order valence-electron chi connectivity index (χ4n) is 1.69. The lowest BCUT2D eigenvalue weighted by atomic mass is 10.1. The van der Waals surface area contributed by atoms with Crippen LogP contribution in [0.15, 0.2) is 30.3 Å². The Morgan fingerprint density at radius 3 is 2.18 bits per heavy atom. The van der Waals surface area contributed by atoms with E-state index in [0.717, 1.165) is 5.56 Å². The van der Waals surface area contributed by atoms with Crippen molar-refractivity contribution in [1.29, 1.82) is 0 Å². The zero-order valence-electron chi connectivity index (χ0n) is 10.3. The van der Waals surface area contributed by atoms with E-state index in [4.69, 9.17) is 9.05 Å². The molecule has 0 aliphatic heterocycles. The van der Waals surface area contributed by atoms with Gasteiger partial charge in [-0.1, -0.05) is 30.3 Å². The third kappa shape index (κ3) is 3.50. The van der Waals surface area contributed by atoms with E-state index in [2.05, 4.69) is 0 Å². The summed E-state index contributed by atoms with van der Waals surface area (Å²) < 4.78 is 22.4. The molecular weight excluding hydrogens is 239 g/mol. The van der Waals surface area contributed by atoms with Gasteiger partial charge in [0.25, 0.3) is 0 Å². The van der Waals surface area contributed by atoms with Gasteiger partial charge in [0, 0.05) is 20.6 Å².